The van der Waals surface area contributed by atoms with E-state index in [1.807, 2.05) is 0 Å². The average molecular weight is 653 g/mol. The van der Waals surface area contributed by atoms with Crippen molar-refractivity contribution < 1.29 is 24.2 Å². The number of hydrogen-bond acceptors (Lipinski definition) is 5. The zero-order chi connectivity index (χ0) is 33.8. The largest absolute Gasteiger partial charge is 0.463 e. The van der Waals surface area contributed by atoms with E-state index in [9.17, 15) is 14.7 Å². The summed E-state index contributed by atoms with van der Waals surface area (Å²) in [7, 11) is 0. The summed E-state index contributed by atoms with van der Waals surface area (Å²) < 4.78 is 10.3. The Labute approximate surface area is 287 Å². The van der Waals surface area contributed by atoms with Crippen molar-refractivity contribution in [1.82, 2.24) is 0 Å². The molecular formula is C41H80O5. The molecular weight excluding hydrogens is 572 g/mol. The molecule has 0 aromatic rings. The molecule has 0 rings (SSSR count). The molecule has 0 saturated heterocycles. The highest BCUT2D eigenvalue weighted by Crippen LogP contribution is 2.16. The molecule has 46 heavy (non-hydrogen) atoms. The molecule has 5 nitrogen and oxygen atoms in total. The lowest BCUT2D eigenvalue weighted by molar-refractivity contribution is -0.152. The van der Waals surface area contributed by atoms with Crippen LogP contribution in [0.25, 0.3) is 0 Å². The lowest BCUT2D eigenvalue weighted by Crippen LogP contribution is -2.25. The third-order valence-electron chi connectivity index (χ3n) is 9.27. The third kappa shape index (κ3) is 37.4. The lowest BCUT2D eigenvalue weighted by Gasteiger charge is -2.12. The molecule has 1 atom stereocenters. The highest BCUT2D eigenvalue weighted by Gasteiger charge is 2.12. The summed E-state index contributed by atoms with van der Waals surface area (Å²) in [5, 5.41) is 10.0. The minimum atomic E-state index is -0.955. The van der Waals surface area contributed by atoms with Crippen LogP contribution >= 0.6 is 0 Å². The summed E-state index contributed by atoms with van der Waals surface area (Å²) in [5.41, 5.74) is 0. The van der Waals surface area contributed by atoms with Crippen molar-refractivity contribution in [3.63, 3.8) is 0 Å². The van der Waals surface area contributed by atoms with Gasteiger partial charge in [0.1, 0.15) is 19.3 Å². The predicted octanol–water partition coefficient (Wildman–Crippen LogP) is 12.6. The van der Waals surface area contributed by atoms with Gasteiger partial charge >= 0.3 is 11.9 Å². The average Bonchev–Trinajstić information content (AvgIpc) is 3.04. The van der Waals surface area contributed by atoms with Gasteiger partial charge in [0.25, 0.3) is 0 Å². The number of esters is 2. The van der Waals surface area contributed by atoms with E-state index >= 15 is 0 Å². The molecule has 0 aromatic heterocycles. The van der Waals surface area contributed by atoms with Crippen LogP contribution < -0.4 is 0 Å². The topological polar surface area (TPSA) is 72.8 Å². The van der Waals surface area contributed by atoms with Crippen molar-refractivity contribution in [3.8, 4) is 0 Å². The van der Waals surface area contributed by atoms with E-state index in [1.54, 1.807) is 0 Å². The van der Waals surface area contributed by atoms with Gasteiger partial charge in [-0.3, -0.25) is 9.59 Å². The molecule has 0 amide bonds. The first kappa shape index (κ1) is 44.9. The van der Waals surface area contributed by atoms with Crippen LogP contribution in [0.5, 0.6) is 0 Å². The third-order valence-corrected chi connectivity index (χ3v) is 9.27. The van der Waals surface area contributed by atoms with Gasteiger partial charge in [-0.05, 0) is 18.8 Å². The maximum atomic E-state index is 12.0. The number of unbranched alkanes of at least 4 members (excludes halogenated alkanes) is 27. The normalized spacial score (nSPS) is 12.1. The Kier molecular flexibility index (Phi) is 35.9. The monoisotopic (exact) mass is 653 g/mol. The molecule has 0 unspecified atom stereocenters. The van der Waals surface area contributed by atoms with E-state index in [4.69, 9.17) is 9.47 Å². The second kappa shape index (κ2) is 36.7. The molecule has 0 aliphatic rings. The Hall–Kier alpha value is -1.10. The molecule has 0 aliphatic heterocycles. The highest BCUT2D eigenvalue weighted by molar-refractivity contribution is 5.69. The fraction of sp³-hybridized carbons (Fsp3) is 0.951. The first-order valence-corrected chi connectivity index (χ1v) is 20.4. The summed E-state index contributed by atoms with van der Waals surface area (Å²) in [4.78, 5) is 23.9. The minimum Gasteiger partial charge on any atom is -0.463 e. The van der Waals surface area contributed by atoms with E-state index in [-0.39, 0.29) is 25.2 Å². The van der Waals surface area contributed by atoms with Gasteiger partial charge in [-0.2, -0.15) is 0 Å². The first-order chi connectivity index (χ1) is 22.5. The Morgan fingerprint density at radius 3 is 0.978 bits per heavy atom. The molecule has 0 fully saturated rings. The summed E-state index contributed by atoms with van der Waals surface area (Å²) in [6.07, 6.45) is 38.7. The maximum absolute atomic E-state index is 12.0. The van der Waals surface area contributed by atoms with Crippen LogP contribution in [0.3, 0.4) is 0 Å². The quantitative estimate of drug-likeness (QED) is 0.0534. The molecule has 0 spiro atoms. The second-order valence-corrected chi connectivity index (χ2v) is 14.6. The van der Waals surface area contributed by atoms with E-state index < -0.39 is 6.10 Å². The van der Waals surface area contributed by atoms with Crippen molar-refractivity contribution in [2.75, 3.05) is 13.2 Å². The van der Waals surface area contributed by atoms with E-state index in [2.05, 4.69) is 20.8 Å². The van der Waals surface area contributed by atoms with Crippen molar-refractivity contribution in [1.29, 1.82) is 0 Å². The van der Waals surface area contributed by atoms with Crippen molar-refractivity contribution in [3.05, 3.63) is 0 Å². The van der Waals surface area contributed by atoms with Gasteiger partial charge < -0.3 is 14.6 Å². The number of carbonyl (C=O) groups excluding carboxylic acids is 2. The van der Waals surface area contributed by atoms with Crippen molar-refractivity contribution in [2.24, 2.45) is 5.92 Å². The van der Waals surface area contributed by atoms with Crippen molar-refractivity contribution in [2.45, 2.75) is 232 Å². The number of aliphatic hydroxyl groups excluding tert-OH is 1. The fourth-order valence-corrected chi connectivity index (χ4v) is 6.15. The molecule has 0 aliphatic carbocycles. The van der Waals surface area contributed by atoms with Crippen LogP contribution in [0, 0.1) is 5.92 Å². The predicted molar refractivity (Wildman–Crippen MR) is 196 cm³/mol. The van der Waals surface area contributed by atoms with Gasteiger partial charge in [-0.15, -0.1) is 0 Å². The molecule has 0 saturated carbocycles. The number of aliphatic hydroxyl groups is 1. The molecule has 1 N–H and O–H groups in total. The van der Waals surface area contributed by atoms with Crippen LogP contribution in [0.1, 0.15) is 226 Å². The zero-order valence-corrected chi connectivity index (χ0v) is 31.3. The summed E-state index contributed by atoms with van der Waals surface area (Å²) >= 11 is 0. The van der Waals surface area contributed by atoms with Crippen LogP contribution in [-0.2, 0) is 19.1 Å². The Balaban J connectivity index is 3.37. The standard InChI is InChI=1S/C41H80O5/c1-4-5-6-7-8-9-10-11-12-13-14-15-19-22-25-28-31-34-40(43)45-36-39(42)37-46-41(44)35-32-29-26-23-20-17-16-18-21-24-27-30-33-38(2)3/h38-39,42H,4-37H2,1-3H3/t39-/m1/s1. The van der Waals surface area contributed by atoms with Crippen LogP contribution in [0.2, 0.25) is 0 Å². The van der Waals surface area contributed by atoms with E-state index in [0.717, 1.165) is 31.6 Å². The SMILES string of the molecule is CCCCCCCCCCCCCCCCCCCC(=O)OC[C@@H](O)COC(=O)CCCCCCCCCCCCCCC(C)C. The number of ether oxygens (including phenoxy) is 2. The number of rotatable bonds is 37. The van der Waals surface area contributed by atoms with Gasteiger partial charge in [0.2, 0.25) is 0 Å². The maximum Gasteiger partial charge on any atom is 0.305 e. The zero-order valence-electron chi connectivity index (χ0n) is 31.3. The second-order valence-electron chi connectivity index (χ2n) is 14.6. The van der Waals surface area contributed by atoms with Gasteiger partial charge in [0.15, 0.2) is 0 Å². The Morgan fingerprint density at radius 1 is 0.435 bits per heavy atom. The summed E-state index contributed by atoms with van der Waals surface area (Å²) in [5.74, 6) is 0.292. The highest BCUT2D eigenvalue weighted by atomic mass is 16.6. The lowest BCUT2D eigenvalue weighted by atomic mass is 10.0. The van der Waals surface area contributed by atoms with Crippen molar-refractivity contribution >= 4 is 11.9 Å². The van der Waals surface area contributed by atoms with Crippen LogP contribution in [0.4, 0.5) is 0 Å². The van der Waals surface area contributed by atoms with Gasteiger partial charge in [0, 0.05) is 12.8 Å². The Morgan fingerprint density at radius 2 is 0.696 bits per heavy atom. The minimum absolute atomic E-state index is 0.108. The smallest absolute Gasteiger partial charge is 0.305 e. The van der Waals surface area contributed by atoms with E-state index in [1.165, 1.54) is 167 Å². The van der Waals surface area contributed by atoms with Gasteiger partial charge in [0.05, 0.1) is 0 Å². The number of carbonyl (C=O) groups is 2. The molecule has 5 heteroatoms. The molecule has 0 heterocycles. The molecule has 274 valence electrons. The summed E-state index contributed by atoms with van der Waals surface area (Å²) in [6, 6.07) is 0. The summed E-state index contributed by atoms with van der Waals surface area (Å²) in [6.45, 7) is 6.68. The van der Waals surface area contributed by atoms with E-state index in [0.29, 0.717) is 12.8 Å². The number of hydrogen-bond donors (Lipinski definition) is 1. The molecule has 0 radical (unpaired) electrons. The first-order valence-electron chi connectivity index (χ1n) is 20.4. The van der Waals surface area contributed by atoms with Gasteiger partial charge in [-0.25, -0.2) is 0 Å². The van der Waals surface area contributed by atoms with Gasteiger partial charge in [-0.1, -0.05) is 201 Å². The van der Waals surface area contributed by atoms with Crippen LogP contribution in [0.15, 0.2) is 0 Å². The molecule has 0 bridgehead atoms. The Bertz CT molecular complexity index is 634. The van der Waals surface area contributed by atoms with Crippen LogP contribution in [-0.4, -0.2) is 36.4 Å². The fourth-order valence-electron chi connectivity index (χ4n) is 6.15. The molecule has 0 aromatic carbocycles.